The largest absolute Gasteiger partial charge is 0.462 e. The quantitative estimate of drug-likeness (QED) is 0.404. The van der Waals surface area contributed by atoms with Crippen LogP contribution in [0.5, 0.6) is 0 Å². The van der Waals surface area contributed by atoms with E-state index in [-0.39, 0.29) is 6.61 Å². The molecule has 1 aromatic heterocycles. The number of nitrogens with one attached hydrogen (secondary N) is 1. The maximum Gasteiger partial charge on any atom is 0.331 e. The molecule has 0 radical (unpaired) electrons. The number of hydrogen-bond acceptors (Lipinski definition) is 6. The number of aryl methyl sites for hydroxylation is 1. The molecule has 0 saturated carbocycles. The van der Waals surface area contributed by atoms with Gasteiger partial charge in [0.05, 0.1) is 0 Å². The van der Waals surface area contributed by atoms with Crippen molar-refractivity contribution < 1.29 is 18.7 Å². The van der Waals surface area contributed by atoms with E-state index in [1.54, 1.807) is 12.1 Å². The molecule has 4 rings (SSSR count). The Balaban J connectivity index is 1.19. The summed E-state index contributed by atoms with van der Waals surface area (Å²) in [5, 5.41) is 2.75. The molecule has 7 nitrogen and oxygen atoms in total. The van der Waals surface area contributed by atoms with Gasteiger partial charge in [-0.15, -0.1) is 0 Å². The number of carbonyl (C=O) groups is 2. The van der Waals surface area contributed by atoms with Crippen molar-refractivity contribution in [2.24, 2.45) is 0 Å². The number of ether oxygens (including phenoxy) is 1. The molecule has 0 aliphatic carbocycles. The summed E-state index contributed by atoms with van der Waals surface area (Å²) in [6, 6.07) is 21.8. The van der Waals surface area contributed by atoms with Gasteiger partial charge in [-0.2, -0.15) is 0 Å². The first-order valence-electron chi connectivity index (χ1n) is 11.4. The summed E-state index contributed by atoms with van der Waals surface area (Å²) in [5.41, 5.74) is 3.13. The van der Waals surface area contributed by atoms with E-state index >= 15 is 0 Å². The molecule has 2 aromatic carbocycles. The van der Waals surface area contributed by atoms with Crippen molar-refractivity contribution in [3.63, 3.8) is 0 Å². The highest BCUT2D eigenvalue weighted by molar-refractivity contribution is 5.94. The molecule has 3 aromatic rings. The number of nitrogens with zero attached hydrogens (tertiary/aromatic N) is 2. The molecule has 1 amide bonds. The van der Waals surface area contributed by atoms with Gasteiger partial charge in [0.1, 0.15) is 11.5 Å². The monoisotopic (exact) mass is 459 g/mol. The van der Waals surface area contributed by atoms with E-state index in [0.29, 0.717) is 11.4 Å². The summed E-state index contributed by atoms with van der Waals surface area (Å²) in [6.45, 7) is 6.37. The molecule has 1 aliphatic heterocycles. The molecule has 1 N–H and O–H groups in total. The topological polar surface area (TPSA) is 75.0 Å². The fourth-order valence-electron chi connectivity index (χ4n) is 3.84. The molecule has 0 bridgehead atoms. The van der Waals surface area contributed by atoms with Gasteiger partial charge in [0.25, 0.3) is 5.91 Å². The smallest absolute Gasteiger partial charge is 0.331 e. The Labute approximate surface area is 199 Å². The minimum Gasteiger partial charge on any atom is -0.462 e. The predicted octanol–water partition coefficient (Wildman–Crippen LogP) is 4.11. The predicted molar refractivity (Wildman–Crippen MR) is 132 cm³/mol. The first kappa shape index (κ1) is 23.3. The number of rotatable bonds is 8. The van der Waals surface area contributed by atoms with Gasteiger partial charge in [0.2, 0.25) is 0 Å². The molecule has 1 fully saturated rings. The van der Waals surface area contributed by atoms with Gasteiger partial charge in [-0.25, -0.2) is 4.79 Å². The van der Waals surface area contributed by atoms with Crippen LogP contribution in [-0.4, -0.2) is 49.6 Å². The molecule has 7 heteroatoms. The van der Waals surface area contributed by atoms with Crippen molar-refractivity contribution in [3.8, 4) is 0 Å². The van der Waals surface area contributed by atoms with Gasteiger partial charge in [0.15, 0.2) is 6.61 Å². The van der Waals surface area contributed by atoms with Crippen LogP contribution >= 0.6 is 0 Å². The molecule has 1 saturated heterocycles. The first-order chi connectivity index (χ1) is 16.5. The molecule has 0 atom stereocenters. The minimum atomic E-state index is -0.606. The van der Waals surface area contributed by atoms with Crippen LogP contribution in [0.2, 0.25) is 0 Å². The second-order valence-corrected chi connectivity index (χ2v) is 8.23. The zero-order chi connectivity index (χ0) is 23.8. The van der Waals surface area contributed by atoms with Gasteiger partial charge in [-0.1, -0.05) is 30.3 Å². The zero-order valence-electron chi connectivity index (χ0n) is 19.3. The Kier molecular flexibility index (Phi) is 7.78. The number of amides is 1. The third kappa shape index (κ3) is 6.83. The van der Waals surface area contributed by atoms with Crippen molar-refractivity contribution in [2.45, 2.75) is 13.5 Å². The number of anilines is 2. The Hall–Kier alpha value is -3.84. The van der Waals surface area contributed by atoms with Crippen molar-refractivity contribution in [1.82, 2.24) is 4.90 Å². The number of piperazine rings is 1. The molecule has 2 heterocycles. The van der Waals surface area contributed by atoms with Gasteiger partial charge in [0, 0.05) is 50.2 Å². The first-order valence-corrected chi connectivity index (χ1v) is 11.4. The average molecular weight is 460 g/mol. The van der Waals surface area contributed by atoms with E-state index in [2.05, 4.69) is 39.4 Å². The second-order valence-electron chi connectivity index (χ2n) is 8.23. The Morgan fingerprint density at radius 1 is 0.971 bits per heavy atom. The summed E-state index contributed by atoms with van der Waals surface area (Å²) in [7, 11) is 0. The van der Waals surface area contributed by atoms with Crippen LogP contribution in [0.4, 0.5) is 11.4 Å². The minimum absolute atomic E-state index is 0.356. The highest BCUT2D eigenvalue weighted by Gasteiger charge is 2.17. The van der Waals surface area contributed by atoms with E-state index < -0.39 is 11.9 Å². The fourth-order valence-corrected chi connectivity index (χ4v) is 3.84. The molecule has 176 valence electrons. The number of esters is 1. The summed E-state index contributed by atoms with van der Waals surface area (Å²) in [5.74, 6) is 0.309. The lowest BCUT2D eigenvalue weighted by molar-refractivity contribution is -0.142. The molecule has 34 heavy (non-hydrogen) atoms. The number of carbonyl (C=O) groups excluding carboxylic acids is 2. The fraction of sp³-hybridized carbons (Fsp3) is 0.259. The van der Waals surface area contributed by atoms with E-state index in [9.17, 15) is 9.59 Å². The normalized spacial score (nSPS) is 14.3. The van der Waals surface area contributed by atoms with Crippen molar-refractivity contribution in [3.05, 3.63) is 89.9 Å². The molecular formula is C27H29N3O4. The standard InChI is InChI=1S/C27H29N3O4/c1-21-7-12-25(34-21)13-14-27(32)33-20-26(31)28-23-8-10-24(11-9-23)30-17-15-29(16-18-30)19-22-5-3-2-4-6-22/h2-14H,15-20H2,1H3,(H,28,31)/b14-13+. The Morgan fingerprint density at radius 3 is 2.38 bits per heavy atom. The molecular weight excluding hydrogens is 430 g/mol. The van der Waals surface area contributed by atoms with Crippen molar-refractivity contribution >= 4 is 29.3 Å². The molecule has 0 spiro atoms. The van der Waals surface area contributed by atoms with Gasteiger partial charge in [-0.05, 0) is 55.0 Å². The summed E-state index contributed by atoms with van der Waals surface area (Å²) < 4.78 is 10.3. The number of hydrogen-bond donors (Lipinski definition) is 1. The van der Waals surface area contributed by atoms with Crippen LogP contribution in [-0.2, 0) is 20.9 Å². The number of benzene rings is 2. The van der Waals surface area contributed by atoms with Crippen molar-refractivity contribution in [2.75, 3.05) is 43.0 Å². The lowest BCUT2D eigenvalue weighted by Crippen LogP contribution is -2.45. The number of furan rings is 1. The highest BCUT2D eigenvalue weighted by Crippen LogP contribution is 2.20. The Bertz CT molecular complexity index is 1110. The average Bonchev–Trinajstić information content (AvgIpc) is 3.28. The second kappa shape index (κ2) is 11.3. The van der Waals surface area contributed by atoms with E-state index in [4.69, 9.17) is 9.15 Å². The third-order valence-electron chi connectivity index (χ3n) is 5.63. The van der Waals surface area contributed by atoms with Crippen LogP contribution in [0.15, 0.2) is 77.2 Å². The van der Waals surface area contributed by atoms with Crippen LogP contribution in [0.3, 0.4) is 0 Å². The zero-order valence-corrected chi connectivity index (χ0v) is 19.3. The maximum absolute atomic E-state index is 12.1. The van der Waals surface area contributed by atoms with E-state index in [1.807, 2.05) is 37.3 Å². The summed E-state index contributed by atoms with van der Waals surface area (Å²) >= 11 is 0. The lowest BCUT2D eigenvalue weighted by Gasteiger charge is -2.36. The maximum atomic E-state index is 12.1. The SMILES string of the molecule is Cc1ccc(/C=C/C(=O)OCC(=O)Nc2ccc(N3CCN(Cc4ccccc4)CC3)cc2)o1. The van der Waals surface area contributed by atoms with E-state index in [1.165, 1.54) is 17.7 Å². The highest BCUT2D eigenvalue weighted by atomic mass is 16.5. The summed E-state index contributed by atoms with van der Waals surface area (Å²) in [6.07, 6.45) is 2.74. The van der Waals surface area contributed by atoms with Gasteiger partial charge < -0.3 is 19.4 Å². The third-order valence-corrected chi connectivity index (χ3v) is 5.63. The van der Waals surface area contributed by atoms with Crippen LogP contribution in [0.25, 0.3) is 6.08 Å². The molecule has 0 unspecified atom stereocenters. The van der Waals surface area contributed by atoms with Crippen LogP contribution in [0.1, 0.15) is 17.1 Å². The van der Waals surface area contributed by atoms with E-state index in [0.717, 1.165) is 44.2 Å². The summed E-state index contributed by atoms with van der Waals surface area (Å²) in [4.78, 5) is 28.7. The van der Waals surface area contributed by atoms with Crippen LogP contribution in [0, 0.1) is 6.92 Å². The van der Waals surface area contributed by atoms with Gasteiger partial charge >= 0.3 is 5.97 Å². The van der Waals surface area contributed by atoms with Crippen molar-refractivity contribution in [1.29, 1.82) is 0 Å². The molecule has 1 aliphatic rings. The lowest BCUT2D eigenvalue weighted by atomic mass is 10.2. The Morgan fingerprint density at radius 2 is 1.71 bits per heavy atom. The van der Waals surface area contributed by atoms with Gasteiger partial charge in [-0.3, -0.25) is 9.69 Å². The van der Waals surface area contributed by atoms with Crippen LogP contribution < -0.4 is 10.2 Å².